The Labute approximate surface area is 86.3 Å². The number of hydrogen-bond acceptors (Lipinski definition) is 4. The van der Waals surface area contributed by atoms with E-state index in [2.05, 4.69) is 0 Å². The van der Waals surface area contributed by atoms with E-state index in [1.165, 1.54) is 6.92 Å². The van der Waals surface area contributed by atoms with Crippen LogP contribution in [0.25, 0.3) is 0 Å². The van der Waals surface area contributed by atoms with E-state index in [0.717, 1.165) is 11.8 Å². The van der Waals surface area contributed by atoms with Gasteiger partial charge in [-0.3, -0.25) is 4.79 Å². The summed E-state index contributed by atoms with van der Waals surface area (Å²) < 4.78 is 0. The number of amides is 1. The average Bonchev–Trinajstić information content (AvgIpc) is 2.02. The van der Waals surface area contributed by atoms with Gasteiger partial charge >= 0.3 is 0 Å². The highest BCUT2D eigenvalue weighted by Crippen LogP contribution is 2.31. The van der Waals surface area contributed by atoms with E-state index in [-0.39, 0.29) is 0 Å². The lowest BCUT2D eigenvalue weighted by molar-refractivity contribution is -0.127. The molecular formula is C9H12N2O2S. The van der Waals surface area contributed by atoms with Crippen molar-refractivity contribution in [2.24, 2.45) is 5.73 Å². The first-order chi connectivity index (χ1) is 6.42. The number of nitrogens with two attached hydrogens (primary N) is 2. The lowest BCUT2D eigenvalue weighted by Crippen LogP contribution is -2.37. The molecular weight excluding hydrogens is 200 g/mol. The number of benzene rings is 1. The minimum absolute atomic E-state index is 0.579. The summed E-state index contributed by atoms with van der Waals surface area (Å²) in [6, 6.07) is 6.89. The topological polar surface area (TPSA) is 89.3 Å². The zero-order valence-electron chi connectivity index (χ0n) is 7.73. The summed E-state index contributed by atoms with van der Waals surface area (Å²) in [6.07, 6.45) is 0. The van der Waals surface area contributed by atoms with Gasteiger partial charge < -0.3 is 16.6 Å². The first kappa shape index (κ1) is 10.9. The van der Waals surface area contributed by atoms with Gasteiger partial charge in [0.2, 0.25) is 0 Å². The van der Waals surface area contributed by atoms with Crippen molar-refractivity contribution in [2.45, 2.75) is 16.8 Å². The van der Waals surface area contributed by atoms with Gasteiger partial charge in [-0.2, -0.15) is 0 Å². The average molecular weight is 212 g/mol. The zero-order valence-corrected chi connectivity index (χ0v) is 8.54. The SMILES string of the molecule is CC(O)(Sc1cccc(N)c1)C(N)=O. The van der Waals surface area contributed by atoms with Crippen molar-refractivity contribution in [2.75, 3.05) is 5.73 Å². The Bertz CT molecular complexity index is 352. The van der Waals surface area contributed by atoms with E-state index >= 15 is 0 Å². The number of carbonyl (C=O) groups is 1. The number of aliphatic hydroxyl groups is 1. The standard InChI is InChI=1S/C9H12N2O2S/c1-9(13,8(11)12)14-7-4-2-3-6(10)5-7/h2-5,13H,10H2,1H3,(H2,11,12). The van der Waals surface area contributed by atoms with Crippen LogP contribution in [-0.4, -0.2) is 15.9 Å². The van der Waals surface area contributed by atoms with Crippen LogP contribution in [0.1, 0.15) is 6.92 Å². The Morgan fingerprint density at radius 1 is 1.57 bits per heavy atom. The largest absolute Gasteiger partial charge is 0.399 e. The Balaban J connectivity index is 2.83. The van der Waals surface area contributed by atoms with Crippen molar-refractivity contribution >= 4 is 23.4 Å². The third-order valence-electron chi connectivity index (χ3n) is 1.63. The van der Waals surface area contributed by atoms with Gasteiger partial charge in [0.25, 0.3) is 5.91 Å². The third kappa shape index (κ3) is 2.65. The Kier molecular flexibility index (Phi) is 3.03. The number of thioether (sulfide) groups is 1. The summed E-state index contributed by atoms with van der Waals surface area (Å²) in [4.78, 5) is 9.93. The van der Waals surface area contributed by atoms with E-state index in [4.69, 9.17) is 11.5 Å². The molecule has 14 heavy (non-hydrogen) atoms. The summed E-state index contributed by atoms with van der Waals surface area (Å²) in [5.74, 6) is -0.773. The fourth-order valence-corrected chi connectivity index (χ4v) is 1.76. The predicted molar refractivity (Wildman–Crippen MR) is 56.5 cm³/mol. The van der Waals surface area contributed by atoms with Crippen molar-refractivity contribution in [1.29, 1.82) is 0 Å². The van der Waals surface area contributed by atoms with Crippen molar-refractivity contribution < 1.29 is 9.90 Å². The number of nitrogen functional groups attached to an aromatic ring is 1. The molecule has 1 amide bonds. The smallest absolute Gasteiger partial charge is 0.260 e. The summed E-state index contributed by atoms with van der Waals surface area (Å²) >= 11 is 0.969. The second-order valence-electron chi connectivity index (χ2n) is 3.02. The van der Waals surface area contributed by atoms with Crippen LogP contribution < -0.4 is 11.5 Å². The van der Waals surface area contributed by atoms with Crippen LogP contribution in [0, 0.1) is 0 Å². The summed E-state index contributed by atoms with van der Waals surface area (Å²) in [5.41, 5.74) is 11.1. The number of primary amides is 1. The molecule has 1 unspecified atom stereocenters. The summed E-state index contributed by atoms with van der Waals surface area (Å²) in [6.45, 7) is 1.35. The van der Waals surface area contributed by atoms with Crippen LogP contribution in [-0.2, 0) is 4.79 Å². The lowest BCUT2D eigenvalue weighted by atomic mass is 10.3. The van der Waals surface area contributed by atoms with Crippen LogP contribution in [0.2, 0.25) is 0 Å². The van der Waals surface area contributed by atoms with Crippen LogP contribution in [0.15, 0.2) is 29.2 Å². The summed E-state index contributed by atoms with van der Waals surface area (Å²) in [7, 11) is 0. The number of hydrogen-bond donors (Lipinski definition) is 3. The minimum atomic E-state index is -1.60. The van der Waals surface area contributed by atoms with Gasteiger partial charge in [0.05, 0.1) is 0 Å². The van der Waals surface area contributed by atoms with Gasteiger partial charge in [0.15, 0.2) is 4.93 Å². The molecule has 0 heterocycles. The number of rotatable bonds is 3. The monoisotopic (exact) mass is 212 g/mol. The van der Waals surface area contributed by atoms with Crippen molar-refractivity contribution in [3.63, 3.8) is 0 Å². The molecule has 0 aliphatic heterocycles. The van der Waals surface area contributed by atoms with Gasteiger partial charge in [-0.25, -0.2) is 0 Å². The molecule has 5 N–H and O–H groups in total. The number of anilines is 1. The molecule has 4 nitrogen and oxygen atoms in total. The van der Waals surface area contributed by atoms with Gasteiger partial charge in [-0.15, -0.1) is 0 Å². The molecule has 1 aromatic carbocycles. The molecule has 1 atom stereocenters. The van der Waals surface area contributed by atoms with Crippen molar-refractivity contribution in [3.8, 4) is 0 Å². The molecule has 0 saturated carbocycles. The first-order valence-electron chi connectivity index (χ1n) is 3.98. The van der Waals surface area contributed by atoms with E-state index in [0.29, 0.717) is 10.6 Å². The van der Waals surface area contributed by atoms with E-state index in [9.17, 15) is 9.90 Å². The van der Waals surface area contributed by atoms with Crippen molar-refractivity contribution in [3.05, 3.63) is 24.3 Å². The third-order valence-corrected chi connectivity index (χ3v) is 2.72. The predicted octanol–water partition coefficient (Wildman–Crippen LogP) is 0.555. The zero-order chi connectivity index (χ0) is 10.8. The van der Waals surface area contributed by atoms with Gasteiger partial charge in [-0.05, 0) is 25.1 Å². The molecule has 0 aromatic heterocycles. The molecule has 5 heteroatoms. The fourth-order valence-electron chi connectivity index (χ4n) is 0.858. The molecule has 1 rings (SSSR count). The van der Waals surface area contributed by atoms with Crippen LogP contribution in [0.3, 0.4) is 0 Å². The Morgan fingerprint density at radius 3 is 2.71 bits per heavy atom. The molecule has 0 aliphatic rings. The van der Waals surface area contributed by atoms with Gasteiger partial charge in [0, 0.05) is 10.6 Å². The highest BCUT2D eigenvalue weighted by atomic mass is 32.2. The molecule has 0 aliphatic carbocycles. The van der Waals surface area contributed by atoms with Crippen LogP contribution in [0.4, 0.5) is 5.69 Å². The maximum Gasteiger partial charge on any atom is 0.260 e. The molecule has 0 spiro atoms. The van der Waals surface area contributed by atoms with E-state index < -0.39 is 10.8 Å². The molecule has 76 valence electrons. The summed E-state index contributed by atoms with van der Waals surface area (Å²) in [5, 5.41) is 9.58. The maximum atomic E-state index is 10.8. The first-order valence-corrected chi connectivity index (χ1v) is 4.80. The minimum Gasteiger partial charge on any atom is -0.399 e. The molecule has 0 radical (unpaired) electrons. The van der Waals surface area contributed by atoms with Crippen LogP contribution in [0.5, 0.6) is 0 Å². The van der Waals surface area contributed by atoms with Gasteiger partial charge in [0.1, 0.15) is 0 Å². The quantitative estimate of drug-likeness (QED) is 0.388. The Morgan fingerprint density at radius 2 is 2.21 bits per heavy atom. The molecule has 0 saturated heterocycles. The van der Waals surface area contributed by atoms with Crippen molar-refractivity contribution in [1.82, 2.24) is 0 Å². The lowest BCUT2D eigenvalue weighted by Gasteiger charge is -2.18. The molecule has 1 aromatic rings. The fraction of sp³-hybridized carbons (Fsp3) is 0.222. The highest BCUT2D eigenvalue weighted by Gasteiger charge is 2.28. The molecule has 0 bridgehead atoms. The molecule has 0 fully saturated rings. The van der Waals surface area contributed by atoms with E-state index in [1.807, 2.05) is 0 Å². The normalized spacial score (nSPS) is 14.7. The second kappa shape index (κ2) is 3.89. The van der Waals surface area contributed by atoms with Gasteiger partial charge in [-0.1, -0.05) is 17.8 Å². The van der Waals surface area contributed by atoms with E-state index in [1.54, 1.807) is 24.3 Å². The maximum absolute atomic E-state index is 10.8. The van der Waals surface area contributed by atoms with Crippen LogP contribution >= 0.6 is 11.8 Å². The Hall–Kier alpha value is -1.20. The highest BCUT2D eigenvalue weighted by molar-refractivity contribution is 8.01. The second-order valence-corrected chi connectivity index (χ2v) is 4.49. The number of carbonyl (C=O) groups excluding carboxylic acids is 1.